The molecule has 1 fully saturated rings. The number of cyclic esters (lactones) is 1. The third kappa shape index (κ3) is 3.70. The van der Waals surface area contributed by atoms with E-state index in [-0.39, 0.29) is 18.1 Å². The van der Waals surface area contributed by atoms with Gasteiger partial charge in [0.15, 0.2) is 0 Å². The van der Waals surface area contributed by atoms with E-state index < -0.39 is 0 Å². The average Bonchev–Trinajstić information content (AvgIpc) is 2.71. The molecule has 0 spiro atoms. The Morgan fingerprint density at radius 2 is 1.67 bits per heavy atom. The molecule has 1 heterocycles. The zero-order valence-corrected chi connectivity index (χ0v) is 11.9. The first-order valence-electron chi connectivity index (χ1n) is 7.32. The Kier molecular flexibility index (Phi) is 4.31. The fourth-order valence-corrected chi connectivity index (χ4v) is 2.74. The second kappa shape index (κ2) is 6.55. The summed E-state index contributed by atoms with van der Waals surface area (Å²) in [6.45, 7) is 0.397. The van der Waals surface area contributed by atoms with Crippen LogP contribution in [0, 0.1) is 0 Å². The van der Waals surface area contributed by atoms with Gasteiger partial charge in [-0.2, -0.15) is 0 Å². The summed E-state index contributed by atoms with van der Waals surface area (Å²) in [4.78, 5) is 11.8. The molecule has 2 aromatic rings. The lowest BCUT2D eigenvalue weighted by Gasteiger charge is -2.21. The van der Waals surface area contributed by atoms with E-state index in [1.54, 1.807) is 0 Å². The van der Waals surface area contributed by atoms with E-state index >= 15 is 0 Å². The molecule has 1 saturated heterocycles. The van der Waals surface area contributed by atoms with Crippen molar-refractivity contribution in [1.82, 2.24) is 5.32 Å². The summed E-state index contributed by atoms with van der Waals surface area (Å²) < 4.78 is 5.34. The first kappa shape index (κ1) is 13.8. The molecule has 0 amide bonds. The van der Waals surface area contributed by atoms with Crippen molar-refractivity contribution in [3.8, 4) is 0 Å². The van der Waals surface area contributed by atoms with Crippen molar-refractivity contribution < 1.29 is 9.53 Å². The van der Waals surface area contributed by atoms with Crippen LogP contribution in [0.1, 0.15) is 23.6 Å². The van der Waals surface area contributed by atoms with Gasteiger partial charge in [-0.25, -0.2) is 0 Å². The van der Waals surface area contributed by atoms with Gasteiger partial charge in [0.1, 0.15) is 6.61 Å². The molecule has 2 atom stereocenters. The summed E-state index contributed by atoms with van der Waals surface area (Å²) in [6, 6.07) is 20.6. The number of hydrogen-bond acceptors (Lipinski definition) is 3. The molecule has 0 bridgehead atoms. The first-order valence-corrected chi connectivity index (χ1v) is 7.32. The highest BCUT2D eigenvalue weighted by Gasteiger charge is 2.25. The summed E-state index contributed by atoms with van der Waals surface area (Å²) >= 11 is 0. The molecule has 0 saturated carbocycles. The maximum Gasteiger partial charge on any atom is 0.307 e. The largest absolute Gasteiger partial charge is 0.464 e. The molecule has 0 radical (unpaired) electrons. The molecule has 3 heteroatoms. The van der Waals surface area contributed by atoms with Gasteiger partial charge in [-0.15, -0.1) is 0 Å². The van der Waals surface area contributed by atoms with Crippen LogP contribution in [0.4, 0.5) is 0 Å². The third-order valence-electron chi connectivity index (χ3n) is 3.79. The average molecular weight is 281 g/mol. The Morgan fingerprint density at radius 1 is 1.00 bits per heavy atom. The van der Waals surface area contributed by atoms with Gasteiger partial charge < -0.3 is 10.1 Å². The maximum absolute atomic E-state index is 11.8. The molecule has 21 heavy (non-hydrogen) atoms. The molecule has 2 aromatic carbocycles. The topological polar surface area (TPSA) is 38.3 Å². The number of carbonyl (C=O) groups is 1. The van der Waals surface area contributed by atoms with E-state index in [4.69, 9.17) is 4.74 Å². The van der Waals surface area contributed by atoms with Crippen molar-refractivity contribution in [2.24, 2.45) is 0 Å². The van der Waals surface area contributed by atoms with Crippen molar-refractivity contribution in [1.29, 1.82) is 0 Å². The summed E-state index contributed by atoms with van der Waals surface area (Å²) in [5, 5.41) is 3.57. The smallest absolute Gasteiger partial charge is 0.307 e. The van der Waals surface area contributed by atoms with E-state index in [0.29, 0.717) is 13.0 Å². The van der Waals surface area contributed by atoms with Crippen LogP contribution >= 0.6 is 0 Å². The quantitative estimate of drug-likeness (QED) is 0.879. The van der Waals surface area contributed by atoms with Crippen LogP contribution in [0.15, 0.2) is 60.7 Å². The molecule has 0 aliphatic carbocycles. The van der Waals surface area contributed by atoms with E-state index in [1.165, 1.54) is 5.56 Å². The molecule has 3 rings (SSSR count). The standard InChI is InChI=1S/C18H19NO2/c20-18-12-16(11-14-7-3-1-4-8-14)19-17(13-21-18)15-9-5-2-6-10-15/h1-10,16-17,19H,11-13H2. The molecule has 1 aliphatic rings. The van der Waals surface area contributed by atoms with Gasteiger partial charge in [0.25, 0.3) is 0 Å². The van der Waals surface area contributed by atoms with Gasteiger partial charge in [-0.3, -0.25) is 4.79 Å². The fourth-order valence-electron chi connectivity index (χ4n) is 2.74. The zero-order chi connectivity index (χ0) is 14.5. The second-order valence-corrected chi connectivity index (χ2v) is 5.40. The minimum Gasteiger partial charge on any atom is -0.464 e. The molecule has 1 aliphatic heterocycles. The Bertz CT molecular complexity index is 583. The highest BCUT2D eigenvalue weighted by atomic mass is 16.5. The number of nitrogens with one attached hydrogen (secondary N) is 1. The Balaban J connectivity index is 1.75. The number of ether oxygens (including phenoxy) is 1. The Labute approximate surface area is 124 Å². The molecule has 1 N–H and O–H groups in total. The van der Waals surface area contributed by atoms with Crippen molar-refractivity contribution in [3.63, 3.8) is 0 Å². The normalized spacial score (nSPS) is 22.4. The lowest BCUT2D eigenvalue weighted by Crippen LogP contribution is -2.34. The van der Waals surface area contributed by atoms with Gasteiger partial charge in [0.2, 0.25) is 0 Å². The number of esters is 1. The van der Waals surface area contributed by atoms with Crippen LogP contribution in [-0.4, -0.2) is 18.6 Å². The highest BCUT2D eigenvalue weighted by Crippen LogP contribution is 2.19. The minimum absolute atomic E-state index is 0.0614. The van der Waals surface area contributed by atoms with E-state index in [0.717, 1.165) is 12.0 Å². The van der Waals surface area contributed by atoms with Gasteiger partial charge in [0, 0.05) is 6.04 Å². The van der Waals surface area contributed by atoms with Gasteiger partial charge in [-0.05, 0) is 17.5 Å². The molecular weight excluding hydrogens is 262 g/mol. The number of carbonyl (C=O) groups excluding carboxylic acids is 1. The fraction of sp³-hybridized carbons (Fsp3) is 0.278. The van der Waals surface area contributed by atoms with Crippen LogP contribution < -0.4 is 5.32 Å². The third-order valence-corrected chi connectivity index (χ3v) is 3.79. The summed E-state index contributed by atoms with van der Waals surface area (Å²) in [5.41, 5.74) is 2.39. The highest BCUT2D eigenvalue weighted by molar-refractivity contribution is 5.70. The van der Waals surface area contributed by atoms with Crippen LogP contribution in [-0.2, 0) is 16.0 Å². The molecular formula is C18H19NO2. The van der Waals surface area contributed by atoms with Crippen LogP contribution in [0.2, 0.25) is 0 Å². The molecule has 108 valence electrons. The minimum atomic E-state index is -0.123. The van der Waals surface area contributed by atoms with E-state index in [1.807, 2.05) is 36.4 Å². The summed E-state index contributed by atoms with van der Waals surface area (Å²) in [5.74, 6) is -0.123. The lowest BCUT2D eigenvalue weighted by atomic mass is 10.0. The van der Waals surface area contributed by atoms with Crippen molar-refractivity contribution in [3.05, 3.63) is 71.8 Å². The number of benzene rings is 2. The molecule has 3 nitrogen and oxygen atoms in total. The van der Waals surface area contributed by atoms with Gasteiger partial charge in [0.05, 0.1) is 12.5 Å². The monoisotopic (exact) mass is 281 g/mol. The number of rotatable bonds is 3. The molecule has 2 unspecified atom stereocenters. The summed E-state index contributed by atoms with van der Waals surface area (Å²) in [6.07, 6.45) is 1.25. The van der Waals surface area contributed by atoms with E-state index in [9.17, 15) is 4.79 Å². The zero-order valence-electron chi connectivity index (χ0n) is 11.9. The number of hydrogen-bond donors (Lipinski definition) is 1. The molecule has 0 aromatic heterocycles. The summed E-state index contributed by atoms with van der Waals surface area (Å²) in [7, 11) is 0. The predicted molar refractivity (Wildman–Crippen MR) is 81.8 cm³/mol. The Hall–Kier alpha value is -2.13. The van der Waals surface area contributed by atoms with Crippen molar-refractivity contribution >= 4 is 5.97 Å². The van der Waals surface area contributed by atoms with Crippen molar-refractivity contribution in [2.75, 3.05) is 6.61 Å². The van der Waals surface area contributed by atoms with Gasteiger partial charge >= 0.3 is 5.97 Å². The first-order chi connectivity index (χ1) is 10.3. The van der Waals surface area contributed by atoms with E-state index in [2.05, 4.69) is 29.6 Å². The Morgan fingerprint density at radius 3 is 2.38 bits per heavy atom. The van der Waals surface area contributed by atoms with Crippen LogP contribution in [0.3, 0.4) is 0 Å². The van der Waals surface area contributed by atoms with Crippen LogP contribution in [0.25, 0.3) is 0 Å². The second-order valence-electron chi connectivity index (χ2n) is 5.40. The van der Waals surface area contributed by atoms with Crippen molar-refractivity contribution in [2.45, 2.75) is 24.9 Å². The van der Waals surface area contributed by atoms with Gasteiger partial charge in [-0.1, -0.05) is 60.7 Å². The lowest BCUT2D eigenvalue weighted by molar-refractivity contribution is -0.143. The SMILES string of the molecule is O=C1CC(Cc2ccccc2)NC(c2ccccc2)CO1. The van der Waals surface area contributed by atoms with Crippen LogP contribution in [0.5, 0.6) is 0 Å². The maximum atomic E-state index is 11.8. The predicted octanol–water partition coefficient (Wildman–Crippen LogP) is 2.88.